The third-order valence-corrected chi connectivity index (χ3v) is 22.4. The lowest BCUT2D eigenvalue weighted by Gasteiger charge is -2.39. The Labute approximate surface area is 551 Å². The second-order valence-corrected chi connectivity index (χ2v) is 29.7. The minimum atomic E-state index is -0.487. The van der Waals surface area contributed by atoms with Crippen molar-refractivity contribution < 1.29 is 19.0 Å². The van der Waals surface area contributed by atoms with Crippen LogP contribution in [0.3, 0.4) is 0 Å². The number of hydrogen-bond acceptors (Lipinski definition) is 6. The molecule has 14 rings (SSSR count). The van der Waals surface area contributed by atoms with E-state index < -0.39 is 10.8 Å². The van der Waals surface area contributed by atoms with Crippen molar-refractivity contribution in [2.75, 3.05) is 37.0 Å². The topological polar surface area (TPSA) is 98.8 Å². The summed E-state index contributed by atoms with van der Waals surface area (Å²) < 4.78 is 5.71. The highest BCUT2D eigenvalue weighted by atomic mass is 79.9. The number of hydrogen-bond donors (Lipinski definition) is 0. The lowest BCUT2D eigenvalue weighted by Crippen LogP contribution is -2.43. The predicted octanol–water partition coefficient (Wildman–Crippen LogP) is 19.8. The molecule has 12 heteroatoms. The van der Waals surface area contributed by atoms with Crippen molar-refractivity contribution in [3.05, 3.63) is 268 Å². The first-order valence-corrected chi connectivity index (χ1v) is 34.1. The highest BCUT2D eigenvalue weighted by Gasteiger charge is 2.56. The fourth-order valence-electron chi connectivity index (χ4n) is 17.8. The lowest BCUT2D eigenvalue weighted by atomic mass is 9.67. The molecule has 0 radical (unpaired) electrons. The van der Waals surface area contributed by atoms with Crippen LogP contribution in [0.5, 0.6) is 0 Å². The molecule has 0 aromatic heterocycles. The zero-order valence-electron chi connectivity index (χ0n) is 52.9. The normalized spacial score (nSPS) is 21.6. The summed E-state index contributed by atoms with van der Waals surface area (Å²) in [6, 6.07) is 56.5. The Bertz CT molecular complexity index is 4230. The van der Waals surface area contributed by atoms with Crippen molar-refractivity contribution in [1.82, 2.24) is 0 Å². The molecule has 91 heavy (non-hydrogen) atoms. The fourth-order valence-corrected chi connectivity index (χ4v) is 18.7. The molecule has 0 N–H and O–H groups in total. The Balaban J connectivity index is 0.924. The first kappa shape index (κ1) is 60.5. The number of rotatable bonds is 14. The van der Waals surface area contributed by atoms with Gasteiger partial charge in [0.1, 0.15) is 14.1 Å². The van der Waals surface area contributed by atoms with Gasteiger partial charge in [-0.25, -0.2) is 0 Å². The van der Waals surface area contributed by atoms with Crippen LogP contribution in [0.25, 0.3) is 21.5 Å². The van der Waals surface area contributed by atoms with E-state index in [1.165, 1.54) is 66.6 Å². The highest BCUT2D eigenvalue weighted by molar-refractivity contribution is 9.10. The van der Waals surface area contributed by atoms with E-state index in [1.807, 2.05) is 14.1 Å². The number of nitro groups is 2. The van der Waals surface area contributed by atoms with Crippen LogP contribution in [0.4, 0.5) is 34.1 Å². The summed E-state index contributed by atoms with van der Waals surface area (Å²) in [5.41, 5.74) is 13.9. The first-order chi connectivity index (χ1) is 43.9. The van der Waals surface area contributed by atoms with E-state index in [1.54, 1.807) is 12.1 Å². The molecule has 10 nitrogen and oxygen atoms in total. The molecule has 4 heterocycles. The van der Waals surface area contributed by atoms with Crippen LogP contribution in [0.2, 0.25) is 0 Å². The Morgan fingerprint density at radius 2 is 0.890 bits per heavy atom. The molecule has 6 aliphatic rings. The summed E-state index contributed by atoms with van der Waals surface area (Å²) in [5.74, 6) is 0. The standard InChI is InChI=1S/C79H78Br2N6O4/c1-75(2,51-84-63-39-37-55-29-15-17-31-59(55)71(63)76(3,49-53-25-11-7-12-26-53)67(84)33-23-35-69-78(41-19-9-20-42-78)61-45-57(80)47-65(86(88)89)73(61)82(69)5)52-85-64-40-38-56-30-16-18-32-60(56)72(64)77(4,50-54-27-13-8-14-28-54)68(85)34-24-36-70-79(43-21-10-22-44-79)62-46-58(81)48-66(87(90)91)74(62)83(70)6/h7-8,11-18,23-40,45-48H,9-10,19-22,41-44,49-52H2,1-6H3/q+2. The molecule has 4 aliphatic heterocycles. The Hall–Kier alpha value is -8.06. The Morgan fingerprint density at radius 1 is 0.516 bits per heavy atom. The Kier molecular flexibility index (Phi) is 15.5. The highest BCUT2D eigenvalue weighted by Crippen LogP contribution is 2.58. The summed E-state index contributed by atoms with van der Waals surface area (Å²) in [7, 11) is 4.05. The van der Waals surface area contributed by atoms with Gasteiger partial charge in [-0.2, -0.15) is 9.15 Å². The average molecular weight is 1340 g/mol. The van der Waals surface area contributed by atoms with Gasteiger partial charge in [0.25, 0.3) is 11.4 Å². The van der Waals surface area contributed by atoms with Gasteiger partial charge in [0.05, 0.1) is 20.7 Å². The van der Waals surface area contributed by atoms with Crippen LogP contribution in [-0.4, -0.2) is 57.6 Å². The number of halogens is 2. The molecule has 0 amide bonds. The van der Waals surface area contributed by atoms with E-state index in [9.17, 15) is 20.2 Å². The number of fused-ring (bicyclic) bond motifs is 10. The molecule has 0 saturated heterocycles. The minimum Gasteiger partial charge on any atom is -0.343 e. The van der Waals surface area contributed by atoms with Gasteiger partial charge in [0, 0.05) is 96.5 Å². The quantitative estimate of drug-likeness (QED) is 0.0611. The van der Waals surface area contributed by atoms with E-state index in [4.69, 9.17) is 0 Å². The van der Waals surface area contributed by atoms with Crippen molar-refractivity contribution in [3.8, 4) is 0 Å². The van der Waals surface area contributed by atoms with Crippen LogP contribution in [-0.2, 0) is 34.5 Å². The van der Waals surface area contributed by atoms with Crippen LogP contribution >= 0.6 is 31.9 Å². The zero-order chi connectivity index (χ0) is 63.2. The zero-order valence-corrected chi connectivity index (χ0v) is 56.1. The average Bonchev–Trinajstić information content (AvgIpc) is 1.60. The van der Waals surface area contributed by atoms with E-state index in [2.05, 4.69) is 261 Å². The maximum Gasteiger partial charge on any atom is 0.341 e. The minimum absolute atomic E-state index is 0.129. The lowest BCUT2D eigenvalue weighted by molar-refractivity contribution is -0.431. The molecule has 2 fully saturated rings. The SMILES string of the molecule is C[N+]1=C(/C=C/C=C2/N(CC(C)(C)CN3/C(=C/C=C/C4=[N+](C)c5c([N+](=O)[O-])cc(Br)cc5C45CCCCC5)C(C)(Cc4ccccc4)c4c3ccc3ccccc43)c3ccc4ccccc4c3C2(C)Cc2ccccc2)C2(CCCCC2)c2cc(Br)cc([N+](=O)[O-])c21. The Morgan fingerprint density at radius 3 is 1.27 bits per heavy atom. The second kappa shape index (κ2) is 23.3. The first-order valence-electron chi connectivity index (χ1n) is 32.5. The molecule has 8 aromatic rings. The van der Waals surface area contributed by atoms with E-state index in [-0.39, 0.29) is 37.5 Å². The van der Waals surface area contributed by atoms with Gasteiger partial charge >= 0.3 is 11.4 Å². The smallest absolute Gasteiger partial charge is 0.341 e. The maximum atomic E-state index is 12.9. The van der Waals surface area contributed by atoms with Crippen LogP contribution in [0.1, 0.15) is 125 Å². The van der Waals surface area contributed by atoms with Gasteiger partial charge in [-0.15, -0.1) is 0 Å². The van der Waals surface area contributed by atoms with Crippen LogP contribution < -0.4 is 9.80 Å². The number of anilines is 2. The van der Waals surface area contributed by atoms with Crippen molar-refractivity contribution in [1.29, 1.82) is 0 Å². The number of benzene rings is 8. The van der Waals surface area contributed by atoms with Crippen molar-refractivity contribution >= 4 is 99.0 Å². The fraction of sp³-hybridized carbons (Fsp3) is 0.316. The van der Waals surface area contributed by atoms with Crippen LogP contribution in [0, 0.1) is 25.6 Å². The molecule has 2 unspecified atom stereocenters. The third kappa shape index (κ3) is 10.1. The van der Waals surface area contributed by atoms with Gasteiger partial charge in [0.15, 0.2) is 11.4 Å². The second-order valence-electron chi connectivity index (χ2n) is 27.8. The molecular formula is C79H78Br2N6O4+2. The summed E-state index contributed by atoms with van der Waals surface area (Å²) in [6.07, 6.45) is 25.6. The van der Waals surface area contributed by atoms with Crippen molar-refractivity contribution in [2.45, 2.75) is 126 Å². The molecule has 2 aliphatic carbocycles. The van der Waals surface area contributed by atoms with Gasteiger partial charge < -0.3 is 9.80 Å². The molecule has 2 saturated carbocycles. The van der Waals surface area contributed by atoms with Gasteiger partial charge in [-0.3, -0.25) is 20.2 Å². The number of allylic oxidation sites excluding steroid dienone is 8. The monoisotopic (exact) mass is 1330 g/mol. The molecule has 0 bridgehead atoms. The molecule has 2 atom stereocenters. The predicted molar refractivity (Wildman–Crippen MR) is 379 cm³/mol. The van der Waals surface area contributed by atoms with E-state index >= 15 is 0 Å². The van der Waals surface area contributed by atoms with Gasteiger partial charge in [-0.1, -0.05) is 218 Å². The third-order valence-electron chi connectivity index (χ3n) is 21.5. The molecule has 460 valence electrons. The van der Waals surface area contributed by atoms with E-state index in [0.29, 0.717) is 24.5 Å². The summed E-state index contributed by atoms with van der Waals surface area (Å²) >= 11 is 7.39. The summed E-state index contributed by atoms with van der Waals surface area (Å²) in [5, 5.41) is 30.6. The molecular weight excluding hydrogens is 1260 g/mol. The van der Waals surface area contributed by atoms with Crippen molar-refractivity contribution in [3.63, 3.8) is 0 Å². The van der Waals surface area contributed by atoms with Crippen LogP contribution in [0.15, 0.2) is 215 Å². The maximum absolute atomic E-state index is 12.9. The number of nitro benzene ring substituents is 2. The summed E-state index contributed by atoms with van der Waals surface area (Å²) in [6.45, 7) is 11.1. The van der Waals surface area contributed by atoms with Gasteiger partial charge in [-0.05, 0) is 133 Å². The van der Waals surface area contributed by atoms with Crippen molar-refractivity contribution in [2.24, 2.45) is 5.41 Å². The molecule has 8 aromatic carbocycles. The molecule has 2 spiro atoms. The largest absolute Gasteiger partial charge is 0.343 e. The number of nitrogens with zero attached hydrogens (tertiary/aromatic N) is 6. The van der Waals surface area contributed by atoms with Gasteiger partial charge in [0.2, 0.25) is 0 Å². The van der Waals surface area contributed by atoms with E-state index in [0.717, 1.165) is 109 Å². The summed E-state index contributed by atoms with van der Waals surface area (Å²) in [4.78, 5) is 30.5.